The first-order valence-corrected chi connectivity index (χ1v) is 8.29. The van der Waals surface area contributed by atoms with Crippen molar-refractivity contribution in [2.75, 3.05) is 6.54 Å². The fourth-order valence-corrected chi connectivity index (χ4v) is 3.63. The number of benzene rings is 1. The number of nitrogens with one attached hydrogen (secondary N) is 1. The van der Waals surface area contributed by atoms with Crippen LogP contribution in [0.4, 0.5) is 0 Å². The Hall–Kier alpha value is -2.17. The van der Waals surface area contributed by atoms with Crippen LogP contribution in [0.25, 0.3) is 0 Å². The van der Waals surface area contributed by atoms with Crippen LogP contribution in [-0.4, -0.2) is 22.6 Å². The van der Waals surface area contributed by atoms with Crippen molar-refractivity contribution in [3.8, 4) is 0 Å². The Labute approximate surface area is 135 Å². The second kappa shape index (κ2) is 5.18. The van der Waals surface area contributed by atoms with E-state index in [0.29, 0.717) is 18.9 Å². The van der Waals surface area contributed by atoms with E-state index in [1.165, 1.54) is 12.0 Å². The SMILES string of the molecule is CC1(c2nc(C3(c4ccccc4)CCC3)no2)CCC(=O)NC1. The Morgan fingerprint density at radius 1 is 1.17 bits per heavy atom. The summed E-state index contributed by atoms with van der Waals surface area (Å²) >= 11 is 0. The summed E-state index contributed by atoms with van der Waals surface area (Å²) < 4.78 is 5.63. The minimum Gasteiger partial charge on any atom is -0.355 e. The lowest BCUT2D eigenvalue weighted by Crippen LogP contribution is -2.44. The molecule has 120 valence electrons. The van der Waals surface area contributed by atoms with Crippen LogP contribution in [0, 0.1) is 0 Å². The number of aromatic nitrogens is 2. The van der Waals surface area contributed by atoms with Crippen molar-refractivity contribution in [2.45, 2.75) is 49.9 Å². The van der Waals surface area contributed by atoms with Crippen molar-refractivity contribution in [3.05, 3.63) is 47.6 Å². The average Bonchev–Trinajstić information content (AvgIpc) is 3.01. The van der Waals surface area contributed by atoms with Crippen LogP contribution in [0.5, 0.6) is 0 Å². The second-order valence-electron chi connectivity index (χ2n) is 7.06. The fourth-order valence-electron chi connectivity index (χ4n) is 3.63. The van der Waals surface area contributed by atoms with Crippen LogP contribution in [0.3, 0.4) is 0 Å². The van der Waals surface area contributed by atoms with Gasteiger partial charge in [0.1, 0.15) is 0 Å². The highest BCUT2D eigenvalue weighted by Gasteiger charge is 2.46. The molecule has 2 aromatic rings. The molecule has 1 saturated heterocycles. The van der Waals surface area contributed by atoms with Crippen LogP contribution in [0.15, 0.2) is 34.9 Å². The molecule has 1 aliphatic heterocycles. The van der Waals surface area contributed by atoms with Crippen molar-refractivity contribution < 1.29 is 9.32 Å². The third kappa shape index (κ3) is 2.26. The number of piperidine rings is 1. The van der Waals surface area contributed by atoms with Crippen LogP contribution < -0.4 is 5.32 Å². The molecule has 5 heteroatoms. The topological polar surface area (TPSA) is 68.0 Å². The first-order valence-electron chi connectivity index (χ1n) is 8.29. The fraction of sp³-hybridized carbons (Fsp3) is 0.500. The molecule has 1 aliphatic carbocycles. The number of carbonyl (C=O) groups excluding carboxylic acids is 1. The maximum absolute atomic E-state index is 11.4. The van der Waals surface area contributed by atoms with Gasteiger partial charge in [0.2, 0.25) is 11.8 Å². The van der Waals surface area contributed by atoms with Gasteiger partial charge in [-0.3, -0.25) is 4.79 Å². The lowest BCUT2D eigenvalue weighted by molar-refractivity contribution is -0.123. The smallest absolute Gasteiger partial charge is 0.234 e. The Morgan fingerprint density at radius 2 is 1.96 bits per heavy atom. The Balaban J connectivity index is 1.66. The van der Waals surface area contributed by atoms with Crippen molar-refractivity contribution >= 4 is 5.91 Å². The summed E-state index contributed by atoms with van der Waals surface area (Å²) in [5.41, 5.74) is 0.902. The minimum atomic E-state index is -0.263. The molecule has 1 amide bonds. The van der Waals surface area contributed by atoms with Crippen LogP contribution in [0.1, 0.15) is 56.3 Å². The zero-order chi connectivity index (χ0) is 15.9. The van der Waals surface area contributed by atoms with E-state index in [4.69, 9.17) is 9.51 Å². The molecule has 2 fully saturated rings. The molecule has 2 aliphatic rings. The highest BCUT2D eigenvalue weighted by atomic mass is 16.5. The number of hydrogen-bond acceptors (Lipinski definition) is 4. The van der Waals surface area contributed by atoms with Gasteiger partial charge in [0.15, 0.2) is 5.82 Å². The van der Waals surface area contributed by atoms with Gasteiger partial charge in [-0.2, -0.15) is 4.98 Å². The van der Waals surface area contributed by atoms with E-state index < -0.39 is 0 Å². The van der Waals surface area contributed by atoms with Gasteiger partial charge >= 0.3 is 0 Å². The van der Waals surface area contributed by atoms with E-state index in [9.17, 15) is 4.79 Å². The molecule has 0 spiro atoms. The lowest BCUT2D eigenvalue weighted by atomic mass is 9.64. The van der Waals surface area contributed by atoms with Gasteiger partial charge in [-0.15, -0.1) is 0 Å². The summed E-state index contributed by atoms with van der Waals surface area (Å²) in [6.07, 6.45) is 4.57. The summed E-state index contributed by atoms with van der Waals surface area (Å²) in [5.74, 6) is 1.54. The summed E-state index contributed by atoms with van der Waals surface area (Å²) in [6.45, 7) is 2.64. The van der Waals surface area contributed by atoms with Gasteiger partial charge in [-0.1, -0.05) is 41.9 Å². The predicted octanol–water partition coefficient (Wildman–Crippen LogP) is 2.71. The predicted molar refractivity (Wildman–Crippen MR) is 85.0 cm³/mol. The molecule has 2 heterocycles. The zero-order valence-corrected chi connectivity index (χ0v) is 13.3. The maximum Gasteiger partial charge on any atom is 0.234 e. The van der Waals surface area contributed by atoms with Gasteiger partial charge in [0, 0.05) is 13.0 Å². The molecule has 1 atom stereocenters. The van der Waals surface area contributed by atoms with Crippen molar-refractivity contribution in [3.63, 3.8) is 0 Å². The Kier molecular flexibility index (Phi) is 3.25. The number of rotatable bonds is 3. The summed E-state index contributed by atoms with van der Waals surface area (Å²) in [4.78, 5) is 16.2. The van der Waals surface area contributed by atoms with E-state index in [1.54, 1.807) is 0 Å². The molecule has 0 radical (unpaired) electrons. The van der Waals surface area contributed by atoms with Crippen LogP contribution in [0.2, 0.25) is 0 Å². The van der Waals surface area contributed by atoms with E-state index in [0.717, 1.165) is 25.1 Å². The molecule has 1 aromatic heterocycles. The minimum absolute atomic E-state index is 0.0990. The zero-order valence-electron chi connectivity index (χ0n) is 13.3. The van der Waals surface area contributed by atoms with Crippen molar-refractivity contribution in [2.24, 2.45) is 0 Å². The first-order chi connectivity index (χ1) is 11.1. The second-order valence-corrected chi connectivity index (χ2v) is 7.06. The maximum atomic E-state index is 11.4. The summed E-state index contributed by atoms with van der Waals surface area (Å²) in [5, 5.41) is 7.24. The number of hydrogen-bond donors (Lipinski definition) is 1. The largest absolute Gasteiger partial charge is 0.355 e. The highest BCUT2D eigenvalue weighted by molar-refractivity contribution is 5.77. The Bertz CT molecular complexity index is 709. The standard InChI is InChI=1S/C18H21N3O2/c1-17(11-8-14(22)19-12-17)16-20-15(21-23-16)18(9-5-10-18)13-6-3-2-4-7-13/h2-4,6-7H,5,8-12H2,1H3,(H,19,22). The van der Waals surface area contributed by atoms with Crippen LogP contribution >= 0.6 is 0 Å². The summed E-state index contributed by atoms with van der Waals surface area (Å²) in [6, 6.07) is 10.5. The van der Waals surface area contributed by atoms with Crippen LogP contribution in [-0.2, 0) is 15.6 Å². The third-order valence-corrected chi connectivity index (χ3v) is 5.48. The molecular formula is C18H21N3O2. The molecule has 1 aromatic carbocycles. The van der Waals surface area contributed by atoms with Crippen molar-refractivity contribution in [1.82, 2.24) is 15.5 Å². The third-order valence-electron chi connectivity index (χ3n) is 5.48. The van der Waals surface area contributed by atoms with Gasteiger partial charge in [0.05, 0.1) is 10.8 Å². The van der Waals surface area contributed by atoms with Gasteiger partial charge in [-0.25, -0.2) is 0 Å². The summed E-state index contributed by atoms with van der Waals surface area (Å²) in [7, 11) is 0. The van der Waals surface area contributed by atoms with E-state index >= 15 is 0 Å². The molecule has 1 N–H and O–H groups in total. The Morgan fingerprint density at radius 3 is 2.57 bits per heavy atom. The van der Waals surface area contributed by atoms with E-state index in [1.807, 2.05) is 6.07 Å². The number of amides is 1. The molecule has 0 bridgehead atoms. The van der Waals surface area contributed by atoms with Crippen molar-refractivity contribution in [1.29, 1.82) is 0 Å². The number of carbonyl (C=O) groups is 1. The molecule has 1 unspecified atom stereocenters. The quantitative estimate of drug-likeness (QED) is 0.946. The first kappa shape index (κ1) is 14.4. The monoisotopic (exact) mass is 311 g/mol. The van der Waals surface area contributed by atoms with Gasteiger partial charge in [-0.05, 0) is 31.7 Å². The average molecular weight is 311 g/mol. The van der Waals surface area contributed by atoms with E-state index in [-0.39, 0.29) is 16.7 Å². The normalized spacial score (nSPS) is 26.4. The molecule has 23 heavy (non-hydrogen) atoms. The van der Waals surface area contributed by atoms with Gasteiger partial charge < -0.3 is 9.84 Å². The molecule has 4 rings (SSSR count). The lowest BCUT2D eigenvalue weighted by Gasteiger charge is -2.39. The van der Waals surface area contributed by atoms with E-state index in [2.05, 4.69) is 41.7 Å². The molecular weight excluding hydrogens is 290 g/mol. The highest BCUT2D eigenvalue weighted by Crippen LogP contribution is 2.48. The molecule has 5 nitrogen and oxygen atoms in total. The van der Waals surface area contributed by atoms with Gasteiger partial charge in [0.25, 0.3) is 0 Å². The number of nitrogens with zero attached hydrogens (tertiary/aromatic N) is 2. The molecule has 1 saturated carbocycles.